The monoisotopic (exact) mass is 521 g/mol. The molecule has 2 N–H and O–H groups in total. The minimum atomic E-state index is -0.339. The van der Waals surface area contributed by atoms with Crippen LogP contribution in [0, 0.1) is 0 Å². The van der Waals surface area contributed by atoms with Crippen LogP contribution in [0.1, 0.15) is 19.3 Å². The van der Waals surface area contributed by atoms with E-state index < -0.39 is 0 Å². The molecular weight excluding hydrogens is 489 g/mol. The van der Waals surface area contributed by atoms with Gasteiger partial charge >= 0.3 is 6.03 Å². The van der Waals surface area contributed by atoms with Crippen LogP contribution in [-0.4, -0.2) is 116 Å². The minimum absolute atomic E-state index is 0. The fraction of sp³-hybridized carbons (Fsp3) is 0.778. The molecule has 3 heterocycles. The Kier molecular flexibility index (Phi) is 9.40. The highest BCUT2D eigenvalue weighted by molar-refractivity contribution is 14.0. The van der Waals surface area contributed by atoms with E-state index in [0.717, 1.165) is 58.1 Å². The number of carbonyl (C=O) groups is 3. The van der Waals surface area contributed by atoms with Gasteiger partial charge in [0.15, 0.2) is 5.96 Å². The summed E-state index contributed by atoms with van der Waals surface area (Å²) in [5, 5.41) is 5.73. The number of hydrogen-bond donors (Lipinski definition) is 2. The highest BCUT2D eigenvalue weighted by atomic mass is 127. The molecule has 29 heavy (non-hydrogen) atoms. The fourth-order valence-corrected chi connectivity index (χ4v) is 3.85. The molecule has 164 valence electrons. The SMILES string of the molecule is CN=C(NCCN1C(=O)CNC1=O)N1CCN(CC(=O)N2CCCCC2)CC1.I. The molecule has 3 aliphatic rings. The Bertz CT molecular complexity index is 601. The minimum Gasteiger partial charge on any atom is -0.354 e. The standard InChI is InChI=1S/C18H31N7O3.HI/c1-19-17(20-5-8-25-15(26)13-21-18(25)28)24-11-9-22(10-12-24)14-16(27)23-6-3-2-4-7-23;/h2-14H2,1H3,(H,19,20)(H,21,28);1H. The third-order valence-electron chi connectivity index (χ3n) is 5.51. The summed E-state index contributed by atoms with van der Waals surface area (Å²) < 4.78 is 0. The molecular formula is C18H32IN7O3. The Labute approximate surface area is 189 Å². The Morgan fingerprint density at radius 1 is 1.03 bits per heavy atom. The maximum Gasteiger partial charge on any atom is 0.324 e. The number of carbonyl (C=O) groups excluding carboxylic acids is 3. The molecule has 11 heteroatoms. The summed E-state index contributed by atoms with van der Waals surface area (Å²) in [6.07, 6.45) is 3.46. The van der Waals surface area contributed by atoms with Crippen molar-refractivity contribution >= 4 is 47.8 Å². The highest BCUT2D eigenvalue weighted by Gasteiger charge is 2.28. The molecule has 0 saturated carbocycles. The van der Waals surface area contributed by atoms with Crippen LogP contribution in [0.2, 0.25) is 0 Å². The van der Waals surface area contributed by atoms with Crippen molar-refractivity contribution < 1.29 is 14.4 Å². The first kappa shape index (κ1) is 23.6. The van der Waals surface area contributed by atoms with Crippen molar-refractivity contribution in [1.82, 2.24) is 30.2 Å². The van der Waals surface area contributed by atoms with E-state index in [4.69, 9.17) is 0 Å². The number of nitrogens with zero attached hydrogens (tertiary/aromatic N) is 5. The Hall–Kier alpha value is -1.63. The van der Waals surface area contributed by atoms with Crippen molar-refractivity contribution in [3.05, 3.63) is 0 Å². The normalized spacial score (nSPS) is 21.1. The molecule has 4 amide bonds. The number of piperidine rings is 1. The number of urea groups is 1. The molecule has 0 aromatic rings. The van der Waals surface area contributed by atoms with Crippen molar-refractivity contribution in [1.29, 1.82) is 0 Å². The van der Waals surface area contributed by atoms with Gasteiger partial charge in [-0.3, -0.25) is 24.4 Å². The number of aliphatic imine (C=N–C) groups is 1. The summed E-state index contributed by atoms with van der Waals surface area (Å²) >= 11 is 0. The molecule has 10 nitrogen and oxygen atoms in total. The van der Waals surface area contributed by atoms with Gasteiger partial charge in [-0.1, -0.05) is 0 Å². The van der Waals surface area contributed by atoms with Crippen LogP contribution in [0.3, 0.4) is 0 Å². The zero-order valence-corrected chi connectivity index (χ0v) is 19.4. The quantitative estimate of drug-likeness (QED) is 0.216. The van der Waals surface area contributed by atoms with Gasteiger partial charge in [-0.15, -0.1) is 24.0 Å². The largest absolute Gasteiger partial charge is 0.354 e. The lowest BCUT2D eigenvalue weighted by molar-refractivity contribution is -0.133. The average Bonchev–Trinajstić information content (AvgIpc) is 3.04. The van der Waals surface area contributed by atoms with Crippen molar-refractivity contribution in [2.24, 2.45) is 4.99 Å². The van der Waals surface area contributed by atoms with Crippen LogP contribution in [0.25, 0.3) is 0 Å². The van der Waals surface area contributed by atoms with Crippen LogP contribution in [-0.2, 0) is 9.59 Å². The van der Waals surface area contributed by atoms with E-state index in [1.165, 1.54) is 11.3 Å². The number of imide groups is 1. The Morgan fingerprint density at radius 2 is 1.72 bits per heavy atom. The number of likely N-dealkylation sites (tertiary alicyclic amines) is 1. The highest BCUT2D eigenvalue weighted by Crippen LogP contribution is 2.10. The Balaban J connectivity index is 0.00000300. The third-order valence-corrected chi connectivity index (χ3v) is 5.51. The van der Waals surface area contributed by atoms with Crippen LogP contribution >= 0.6 is 24.0 Å². The summed E-state index contributed by atoms with van der Waals surface area (Å²) in [5.41, 5.74) is 0. The van der Waals surface area contributed by atoms with Gasteiger partial charge in [0.25, 0.3) is 0 Å². The molecule has 0 aliphatic carbocycles. The molecule has 0 bridgehead atoms. The van der Waals surface area contributed by atoms with E-state index >= 15 is 0 Å². The lowest BCUT2D eigenvalue weighted by atomic mass is 10.1. The van der Waals surface area contributed by atoms with E-state index in [1.807, 2.05) is 4.90 Å². The predicted octanol–water partition coefficient (Wildman–Crippen LogP) is -0.638. The Morgan fingerprint density at radius 3 is 2.31 bits per heavy atom. The topological polar surface area (TPSA) is 101 Å². The van der Waals surface area contributed by atoms with Crippen LogP contribution in [0.15, 0.2) is 4.99 Å². The maximum atomic E-state index is 12.4. The van der Waals surface area contributed by atoms with Gasteiger partial charge in [0.05, 0.1) is 13.1 Å². The second kappa shape index (κ2) is 11.5. The lowest BCUT2D eigenvalue weighted by Gasteiger charge is -2.37. The molecule has 3 rings (SSSR count). The number of halogens is 1. The summed E-state index contributed by atoms with van der Waals surface area (Å²) in [5.74, 6) is 0.798. The molecule has 3 aliphatic heterocycles. The average molecular weight is 521 g/mol. The number of piperazine rings is 1. The number of hydrogen-bond acceptors (Lipinski definition) is 5. The summed E-state index contributed by atoms with van der Waals surface area (Å²) in [6, 6.07) is -0.339. The van der Waals surface area contributed by atoms with E-state index in [9.17, 15) is 14.4 Å². The zero-order valence-electron chi connectivity index (χ0n) is 17.1. The van der Waals surface area contributed by atoms with Crippen molar-refractivity contribution in [3.63, 3.8) is 0 Å². The molecule has 3 fully saturated rings. The van der Waals surface area contributed by atoms with Crippen LogP contribution in [0.4, 0.5) is 4.79 Å². The molecule has 3 saturated heterocycles. The zero-order chi connectivity index (χ0) is 19.9. The maximum absolute atomic E-state index is 12.4. The van der Waals surface area contributed by atoms with Gasteiger partial charge in [-0.05, 0) is 19.3 Å². The van der Waals surface area contributed by atoms with E-state index in [0.29, 0.717) is 19.6 Å². The van der Waals surface area contributed by atoms with Gasteiger partial charge in [-0.2, -0.15) is 0 Å². The number of amides is 4. The summed E-state index contributed by atoms with van der Waals surface area (Å²) in [6.45, 7) is 6.33. The lowest BCUT2D eigenvalue weighted by Crippen LogP contribution is -2.55. The molecule has 0 atom stereocenters. The van der Waals surface area contributed by atoms with Gasteiger partial charge in [-0.25, -0.2) is 4.79 Å². The van der Waals surface area contributed by atoms with Gasteiger partial charge in [0, 0.05) is 59.4 Å². The van der Waals surface area contributed by atoms with Crippen molar-refractivity contribution in [3.8, 4) is 0 Å². The number of rotatable bonds is 5. The van der Waals surface area contributed by atoms with Crippen LogP contribution < -0.4 is 10.6 Å². The van der Waals surface area contributed by atoms with Gasteiger partial charge < -0.3 is 20.4 Å². The number of nitrogens with one attached hydrogen (secondary N) is 2. The summed E-state index contributed by atoms with van der Waals surface area (Å²) in [7, 11) is 1.72. The molecule has 0 aromatic heterocycles. The summed E-state index contributed by atoms with van der Waals surface area (Å²) in [4.78, 5) is 47.5. The van der Waals surface area contributed by atoms with Crippen molar-refractivity contribution in [2.45, 2.75) is 19.3 Å². The first-order valence-corrected chi connectivity index (χ1v) is 10.1. The first-order chi connectivity index (χ1) is 13.6. The second-order valence-electron chi connectivity index (χ2n) is 7.38. The van der Waals surface area contributed by atoms with Crippen LogP contribution in [0.5, 0.6) is 0 Å². The fourth-order valence-electron chi connectivity index (χ4n) is 3.85. The second-order valence-corrected chi connectivity index (χ2v) is 7.38. The molecule has 0 aromatic carbocycles. The van der Waals surface area contributed by atoms with E-state index in [-0.39, 0.29) is 48.4 Å². The molecule has 0 unspecified atom stereocenters. The third kappa shape index (κ3) is 6.43. The van der Waals surface area contributed by atoms with E-state index in [1.54, 1.807) is 7.05 Å². The van der Waals surface area contributed by atoms with E-state index in [2.05, 4.69) is 25.4 Å². The van der Waals surface area contributed by atoms with Crippen molar-refractivity contribution in [2.75, 3.05) is 72.5 Å². The van der Waals surface area contributed by atoms with Gasteiger partial charge in [0.2, 0.25) is 11.8 Å². The van der Waals surface area contributed by atoms with Gasteiger partial charge in [0.1, 0.15) is 0 Å². The smallest absolute Gasteiger partial charge is 0.324 e. The first-order valence-electron chi connectivity index (χ1n) is 10.1. The number of guanidine groups is 1. The molecule has 0 spiro atoms. The molecule has 0 radical (unpaired) electrons. The predicted molar refractivity (Wildman–Crippen MR) is 120 cm³/mol.